The highest BCUT2D eigenvalue weighted by atomic mass is 19.4. The van der Waals surface area contributed by atoms with Crippen LogP contribution in [0.5, 0.6) is 5.88 Å². The first-order chi connectivity index (χ1) is 19.5. The Labute approximate surface area is 233 Å². The number of hydrogen-bond donors (Lipinski definition) is 1. The quantitative estimate of drug-likeness (QED) is 0.298. The third-order valence-electron chi connectivity index (χ3n) is 7.08. The maximum absolute atomic E-state index is 14.5. The normalized spacial score (nSPS) is 17.5. The Morgan fingerprint density at radius 1 is 1.17 bits per heavy atom. The van der Waals surface area contributed by atoms with Gasteiger partial charge in [0.05, 0.1) is 23.3 Å². The molecule has 1 aliphatic carbocycles. The molecule has 0 atom stereocenters. The minimum absolute atomic E-state index is 0.0346. The van der Waals surface area contributed by atoms with Crippen LogP contribution >= 0.6 is 0 Å². The van der Waals surface area contributed by atoms with E-state index in [0.29, 0.717) is 49.8 Å². The summed E-state index contributed by atoms with van der Waals surface area (Å²) in [4.78, 5) is 21.9. The maximum atomic E-state index is 14.5. The fraction of sp³-hybridized carbons (Fsp3) is 0.444. The van der Waals surface area contributed by atoms with Crippen molar-refractivity contribution in [1.29, 1.82) is 0 Å². The zero-order valence-corrected chi connectivity index (χ0v) is 22.8. The number of rotatable bonds is 8. The van der Waals surface area contributed by atoms with Crippen molar-refractivity contribution in [2.75, 3.05) is 26.0 Å². The Balaban J connectivity index is 1.38. The average Bonchev–Trinajstić information content (AvgIpc) is 3.54. The highest BCUT2D eigenvalue weighted by Gasteiger charge is 2.36. The predicted octanol–water partition coefficient (Wildman–Crippen LogP) is 4.93. The Morgan fingerprint density at radius 2 is 1.93 bits per heavy atom. The summed E-state index contributed by atoms with van der Waals surface area (Å²) in [6.45, 7) is 2.76. The number of anilines is 1. The van der Waals surface area contributed by atoms with Crippen molar-refractivity contribution in [3.05, 3.63) is 48.3 Å². The molecule has 41 heavy (non-hydrogen) atoms. The van der Waals surface area contributed by atoms with E-state index < -0.39 is 29.5 Å². The van der Waals surface area contributed by atoms with Crippen molar-refractivity contribution >= 4 is 22.6 Å². The van der Waals surface area contributed by atoms with Crippen LogP contribution in [0.2, 0.25) is 0 Å². The minimum Gasteiger partial charge on any atom is -0.472 e. The van der Waals surface area contributed by atoms with Gasteiger partial charge in [0.2, 0.25) is 5.91 Å². The maximum Gasteiger partial charge on any atom is 0.419 e. The van der Waals surface area contributed by atoms with Crippen molar-refractivity contribution in [3.8, 4) is 17.1 Å². The standard InChI is InChI=1S/C27H30F4N8O2/c1-4-32-22-11-21-19(13-34-22)25(16-12-35-38(14-16)15-23(40)37(2)3)36-39(21)17-5-7-18(8-6-17)41-26-24(28)20(9-10-33-26)27(29,30)31/h9-14,17-18H,4-8,15H2,1-3H3,(H,32,34). The second-order valence-corrected chi connectivity index (χ2v) is 10.1. The number of fused-ring (bicyclic) bond motifs is 1. The van der Waals surface area contributed by atoms with E-state index >= 15 is 0 Å². The van der Waals surface area contributed by atoms with Gasteiger partial charge in [-0.1, -0.05) is 0 Å². The largest absolute Gasteiger partial charge is 0.472 e. The van der Waals surface area contributed by atoms with Gasteiger partial charge in [-0.2, -0.15) is 23.4 Å². The predicted molar refractivity (Wildman–Crippen MR) is 143 cm³/mol. The number of nitrogens with zero attached hydrogens (tertiary/aromatic N) is 7. The number of aromatic nitrogens is 6. The minimum atomic E-state index is -4.83. The zero-order valence-electron chi connectivity index (χ0n) is 22.8. The second-order valence-electron chi connectivity index (χ2n) is 10.1. The van der Waals surface area contributed by atoms with Crippen LogP contribution in [0.25, 0.3) is 22.2 Å². The Kier molecular flexibility index (Phi) is 7.82. The van der Waals surface area contributed by atoms with Crippen LogP contribution < -0.4 is 10.1 Å². The summed E-state index contributed by atoms with van der Waals surface area (Å²) in [5.74, 6) is -1.53. The van der Waals surface area contributed by atoms with E-state index in [1.54, 1.807) is 37.4 Å². The van der Waals surface area contributed by atoms with Crippen molar-refractivity contribution in [2.24, 2.45) is 0 Å². The number of pyridine rings is 2. The van der Waals surface area contributed by atoms with Crippen LogP contribution in [0, 0.1) is 5.82 Å². The lowest BCUT2D eigenvalue weighted by Crippen LogP contribution is -2.27. The van der Waals surface area contributed by atoms with Gasteiger partial charge in [-0.05, 0) is 38.7 Å². The highest BCUT2D eigenvalue weighted by molar-refractivity contribution is 5.93. The van der Waals surface area contributed by atoms with Crippen LogP contribution in [0.15, 0.2) is 36.9 Å². The fourth-order valence-corrected chi connectivity index (χ4v) is 4.95. The first kappa shape index (κ1) is 28.3. The summed E-state index contributed by atoms with van der Waals surface area (Å²) in [7, 11) is 3.36. The van der Waals surface area contributed by atoms with Crippen molar-refractivity contribution in [2.45, 2.75) is 57.5 Å². The van der Waals surface area contributed by atoms with Gasteiger partial charge in [0.25, 0.3) is 5.88 Å². The summed E-state index contributed by atoms with van der Waals surface area (Å²) in [6, 6.07) is 2.49. The number of amides is 1. The van der Waals surface area contributed by atoms with Crippen molar-refractivity contribution in [3.63, 3.8) is 0 Å². The van der Waals surface area contributed by atoms with E-state index in [2.05, 4.69) is 20.4 Å². The van der Waals surface area contributed by atoms with Gasteiger partial charge in [0.15, 0.2) is 5.82 Å². The molecule has 0 spiro atoms. The number of carbonyl (C=O) groups excluding carboxylic acids is 1. The topological polar surface area (TPSA) is 103 Å². The average molecular weight is 575 g/mol. The first-order valence-electron chi connectivity index (χ1n) is 13.3. The van der Waals surface area contributed by atoms with Crippen molar-refractivity contribution in [1.82, 2.24) is 34.4 Å². The highest BCUT2D eigenvalue weighted by Crippen LogP contribution is 2.38. The Hall–Kier alpha value is -4.23. The Bertz CT molecular complexity index is 1540. The summed E-state index contributed by atoms with van der Waals surface area (Å²) in [5.41, 5.74) is 0.874. The molecule has 4 aromatic rings. The number of alkyl halides is 3. The summed E-state index contributed by atoms with van der Waals surface area (Å²) in [6.07, 6.45) is 2.95. The van der Waals surface area contributed by atoms with E-state index in [0.717, 1.165) is 22.7 Å². The van der Waals surface area contributed by atoms with Gasteiger partial charge in [-0.25, -0.2) is 14.4 Å². The molecular formula is C27H30F4N8O2. The molecule has 1 aliphatic rings. The number of halogens is 4. The summed E-state index contributed by atoms with van der Waals surface area (Å²) in [5, 5.41) is 13.3. The van der Waals surface area contributed by atoms with E-state index in [9.17, 15) is 22.4 Å². The monoisotopic (exact) mass is 574 g/mol. The van der Waals surface area contributed by atoms with Gasteiger partial charge in [-0.15, -0.1) is 0 Å². The molecule has 10 nitrogen and oxygen atoms in total. The third kappa shape index (κ3) is 5.95. The molecule has 1 saturated carbocycles. The molecule has 1 N–H and O–H groups in total. The lowest BCUT2D eigenvalue weighted by atomic mass is 9.93. The van der Waals surface area contributed by atoms with Gasteiger partial charge in [0, 0.05) is 56.2 Å². The van der Waals surface area contributed by atoms with Gasteiger partial charge in [-0.3, -0.25) is 14.2 Å². The molecule has 0 saturated heterocycles. The number of hydrogen-bond acceptors (Lipinski definition) is 7. The summed E-state index contributed by atoms with van der Waals surface area (Å²) >= 11 is 0. The van der Waals surface area contributed by atoms with Gasteiger partial charge < -0.3 is 15.0 Å². The van der Waals surface area contributed by atoms with Crippen LogP contribution in [0.3, 0.4) is 0 Å². The molecular weight excluding hydrogens is 544 g/mol. The second kappa shape index (κ2) is 11.3. The molecule has 1 fully saturated rings. The van der Waals surface area contributed by atoms with E-state index in [1.165, 1.54) is 4.90 Å². The van der Waals surface area contributed by atoms with Crippen LogP contribution in [0.1, 0.15) is 44.2 Å². The fourth-order valence-electron chi connectivity index (χ4n) is 4.95. The van der Waals surface area contributed by atoms with E-state index in [4.69, 9.17) is 9.84 Å². The molecule has 0 aliphatic heterocycles. The zero-order chi connectivity index (χ0) is 29.3. The molecule has 4 heterocycles. The van der Waals surface area contributed by atoms with Crippen LogP contribution in [-0.2, 0) is 17.5 Å². The molecule has 5 rings (SSSR count). The summed E-state index contributed by atoms with van der Waals surface area (Å²) < 4.78 is 62.8. The molecule has 14 heteroatoms. The number of likely N-dealkylation sites (N-methyl/N-ethyl adjacent to an activating group) is 1. The number of ether oxygens (including phenoxy) is 1. The van der Waals surface area contributed by atoms with E-state index in [-0.39, 0.29) is 18.5 Å². The number of nitrogens with one attached hydrogen (secondary N) is 1. The molecule has 0 aromatic carbocycles. The van der Waals surface area contributed by atoms with E-state index in [1.807, 2.05) is 17.7 Å². The van der Waals surface area contributed by atoms with Gasteiger partial charge in [0.1, 0.15) is 24.2 Å². The first-order valence-corrected chi connectivity index (χ1v) is 13.3. The van der Waals surface area contributed by atoms with Crippen LogP contribution in [0.4, 0.5) is 23.4 Å². The SMILES string of the molecule is CCNc1cc2c(cn1)c(-c1cnn(CC(=O)N(C)C)c1)nn2C1CCC(Oc2nccc(C(F)(F)F)c2F)CC1. The number of carbonyl (C=O) groups is 1. The molecule has 4 aromatic heterocycles. The van der Waals surface area contributed by atoms with Crippen LogP contribution in [-0.4, -0.2) is 67.1 Å². The molecule has 0 bridgehead atoms. The molecule has 1 amide bonds. The van der Waals surface area contributed by atoms with Gasteiger partial charge >= 0.3 is 6.18 Å². The molecule has 0 unspecified atom stereocenters. The smallest absolute Gasteiger partial charge is 0.419 e. The third-order valence-corrected chi connectivity index (χ3v) is 7.08. The Morgan fingerprint density at radius 3 is 2.61 bits per heavy atom. The lowest BCUT2D eigenvalue weighted by Gasteiger charge is -2.29. The lowest BCUT2D eigenvalue weighted by molar-refractivity contribution is -0.140. The molecule has 218 valence electrons. The van der Waals surface area contributed by atoms with Crippen molar-refractivity contribution < 1.29 is 27.1 Å². The molecule has 0 radical (unpaired) electrons.